The van der Waals surface area contributed by atoms with Crippen molar-refractivity contribution in [2.45, 2.75) is 58.1 Å². The van der Waals surface area contributed by atoms with Crippen molar-refractivity contribution < 1.29 is 14.6 Å². The Hall–Kier alpha value is -0.770. The second-order valence-electron chi connectivity index (χ2n) is 4.64. The molecule has 1 fully saturated rings. The SMILES string of the molecule is CCCCC[C@H](C)C(O)C1CCOC(=O)N1. The summed E-state index contributed by atoms with van der Waals surface area (Å²) >= 11 is 0. The van der Waals surface area contributed by atoms with Gasteiger partial charge in [0.25, 0.3) is 0 Å². The molecule has 1 amide bonds. The molecule has 94 valence electrons. The molecule has 0 bridgehead atoms. The fourth-order valence-corrected chi connectivity index (χ4v) is 2.08. The van der Waals surface area contributed by atoms with Crippen molar-refractivity contribution in [3.8, 4) is 0 Å². The number of amides is 1. The number of carbonyl (C=O) groups excluding carboxylic acids is 1. The number of nitrogens with one attached hydrogen (secondary N) is 1. The molecule has 0 aromatic carbocycles. The molecular weight excluding hydrogens is 206 g/mol. The van der Waals surface area contributed by atoms with Gasteiger partial charge >= 0.3 is 6.09 Å². The zero-order valence-electron chi connectivity index (χ0n) is 10.2. The monoisotopic (exact) mass is 229 g/mol. The van der Waals surface area contributed by atoms with Gasteiger partial charge in [-0.2, -0.15) is 0 Å². The van der Waals surface area contributed by atoms with Crippen LogP contribution in [0, 0.1) is 5.92 Å². The number of ether oxygens (including phenoxy) is 1. The number of rotatable bonds is 6. The molecule has 0 saturated carbocycles. The first-order chi connectivity index (χ1) is 7.65. The van der Waals surface area contributed by atoms with Gasteiger partial charge in [0.15, 0.2) is 0 Å². The second kappa shape index (κ2) is 6.74. The minimum atomic E-state index is -0.454. The summed E-state index contributed by atoms with van der Waals surface area (Å²) in [6.45, 7) is 4.62. The third-order valence-corrected chi connectivity index (χ3v) is 3.22. The predicted octanol–water partition coefficient (Wildman–Crippen LogP) is 2.06. The first kappa shape index (κ1) is 13.3. The molecule has 4 heteroatoms. The second-order valence-corrected chi connectivity index (χ2v) is 4.64. The molecule has 1 aliphatic rings. The van der Waals surface area contributed by atoms with Gasteiger partial charge in [0.05, 0.1) is 18.8 Å². The third-order valence-electron chi connectivity index (χ3n) is 3.22. The molecule has 2 unspecified atom stereocenters. The van der Waals surface area contributed by atoms with E-state index in [9.17, 15) is 9.90 Å². The van der Waals surface area contributed by atoms with Gasteiger partial charge in [0.2, 0.25) is 0 Å². The average molecular weight is 229 g/mol. The van der Waals surface area contributed by atoms with E-state index in [-0.39, 0.29) is 12.0 Å². The summed E-state index contributed by atoms with van der Waals surface area (Å²) in [5.41, 5.74) is 0. The van der Waals surface area contributed by atoms with Crippen molar-refractivity contribution in [2.24, 2.45) is 5.92 Å². The molecule has 4 nitrogen and oxygen atoms in total. The lowest BCUT2D eigenvalue weighted by molar-refractivity contribution is 0.0351. The van der Waals surface area contributed by atoms with Crippen molar-refractivity contribution in [1.29, 1.82) is 0 Å². The van der Waals surface area contributed by atoms with E-state index in [1.165, 1.54) is 12.8 Å². The van der Waals surface area contributed by atoms with Gasteiger partial charge in [0, 0.05) is 6.42 Å². The standard InChI is InChI=1S/C12H23NO3/c1-3-4-5-6-9(2)11(14)10-7-8-16-12(15)13-10/h9-11,14H,3-8H2,1-2H3,(H,13,15)/t9-,10?,11?/m0/s1. The fraction of sp³-hybridized carbons (Fsp3) is 0.917. The van der Waals surface area contributed by atoms with Crippen LogP contribution in [0.15, 0.2) is 0 Å². The highest BCUT2D eigenvalue weighted by Gasteiger charge is 2.29. The summed E-state index contributed by atoms with van der Waals surface area (Å²) in [4.78, 5) is 11.0. The molecule has 0 radical (unpaired) electrons. The van der Waals surface area contributed by atoms with Gasteiger partial charge in [-0.1, -0.05) is 33.1 Å². The van der Waals surface area contributed by atoms with Crippen LogP contribution in [0.25, 0.3) is 0 Å². The van der Waals surface area contributed by atoms with Gasteiger partial charge in [-0.15, -0.1) is 0 Å². The minimum absolute atomic E-state index is 0.141. The molecule has 3 atom stereocenters. The highest BCUT2D eigenvalue weighted by molar-refractivity contribution is 5.68. The number of carbonyl (C=O) groups is 1. The van der Waals surface area contributed by atoms with E-state index in [0.717, 1.165) is 12.8 Å². The fourth-order valence-electron chi connectivity index (χ4n) is 2.08. The van der Waals surface area contributed by atoms with Gasteiger partial charge in [0.1, 0.15) is 0 Å². The molecule has 1 aliphatic heterocycles. The summed E-state index contributed by atoms with van der Waals surface area (Å²) in [5.74, 6) is 0.231. The molecule has 1 rings (SSSR count). The number of cyclic esters (lactones) is 1. The zero-order valence-corrected chi connectivity index (χ0v) is 10.2. The van der Waals surface area contributed by atoms with E-state index in [4.69, 9.17) is 4.74 Å². The normalized spacial score (nSPS) is 24.4. The van der Waals surface area contributed by atoms with Crippen LogP contribution >= 0.6 is 0 Å². The van der Waals surface area contributed by atoms with Crippen LogP contribution in [0.2, 0.25) is 0 Å². The van der Waals surface area contributed by atoms with Crippen LogP contribution in [0.1, 0.15) is 46.0 Å². The summed E-state index contributed by atoms with van der Waals surface area (Å²) < 4.78 is 4.78. The molecule has 0 spiro atoms. The highest BCUT2D eigenvalue weighted by Crippen LogP contribution is 2.18. The number of hydrogen-bond donors (Lipinski definition) is 2. The van der Waals surface area contributed by atoms with Crippen LogP contribution in [0.5, 0.6) is 0 Å². The van der Waals surface area contributed by atoms with Crippen molar-refractivity contribution >= 4 is 6.09 Å². The zero-order chi connectivity index (χ0) is 12.0. The Morgan fingerprint density at radius 3 is 2.94 bits per heavy atom. The first-order valence-corrected chi connectivity index (χ1v) is 6.26. The van der Waals surface area contributed by atoms with E-state index in [2.05, 4.69) is 12.2 Å². The lowest BCUT2D eigenvalue weighted by Crippen LogP contribution is -2.50. The van der Waals surface area contributed by atoms with Crippen LogP contribution < -0.4 is 5.32 Å². The number of alkyl carbamates (subject to hydrolysis) is 1. The van der Waals surface area contributed by atoms with Gasteiger partial charge in [-0.05, 0) is 12.3 Å². The van der Waals surface area contributed by atoms with E-state index in [1.54, 1.807) is 0 Å². The van der Waals surface area contributed by atoms with E-state index in [0.29, 0.717) is 13.0 Å². The Bertz CT molecular complexity index is 220. The first-order valence-electron chi connectivity index (χ1n) is 6.26. The van der Waals surface area contributed by atoms with E-state index >= 15 is 0 Å². The lowest BCUT2D eigenvalue weighted by atomic mass is 9.91. The predicted molar refractivity (Wildman–Crippen MR) is 62.2 cm³/mol. The maximum atomic E-state index is 11.0. The molecule has 2 N–H and O–H groups in total. The number of aliphatic hydroxyl groups is 1. The highest BCUT2D eigenvalue weighted by atomic mass is 16.6. The average Bonchev–Trinajstić information content (AvgIpc) is 2.28. The van der Waals surface area contributed by atoms with Crippen molar-refractivity contribution in [3.63, 3.8) is 0 Å². The summed E-state index contributed by atoms with van der Waals surface area (Å²) in [6, 6.07) is -0.141. The Morgan fingerprint density at radius 2 is 2.31 bits per heavy atom. The summed E-state index contributed by atoms with van der Waals surface area (Å²) in [7, 11) is 0. The smallest absolute Gasteiger partial charge is 0.407 e. The largest absolute Gasteiger partial charge is 0.449 e. The number of aliphatic hydroxyl groups excluding tert-OH is 1. The number of hydrogen-bond acceptors (Lipinski definition) is 3. The maximum absolute atomic E-state index is 11.0. The Kier molecular flexibility index (Phi) is 5.60. The van der Waals surface area contributed by atoms with Crippen LogP contribution in [-0.2, 0) is 4.74 Å². The Labute approximate surface area is 97.4 Å². The molecule has 1 saturated heterocycles. The molecule has 0 aromatic rings. The molecular formula is C12H23NO3. The quantitative estimate of drug-likeness (QED) is 0.685. The minimum Gasteiger partial charge on any atom is -0.449 e. The van der Waals surface area contributed by atoms with Crippen molar-refractivity contribution in [3.05, 3.63) is 0 Å². The van der Waals surface area contributed by atoms with E-state index < -0.39 is 12.2 Å². The topological polar surface area (TPSA) is 58.6 Å². The van der Waals surface area contributed by atoms with Crippen LogP contribution in [-0.4, -0.2) is 30.0 Å². The Morgan fingerprint density at radius 1 is 1.56 bits per heavy atom. The summed E-state index contributed by atoms with van der Waals surface area (Å²) in [5, 5.41) is 12.8. The van der Waals surface area contributed by atoms with Crippen LogP contribution in [0.3, 0.4) is 0 Å². The molecule has 1 heterocycles. The molecule has 0 aromatic heterocycles. The lowest BCUT2D eigenvalue weighted by Gasteiger charge is -2.31. The summed E-state index contributed by atoms with van der Waals surface area (Å²) in [6.07, 6.45) is 4.40. The van der Waals surface area contributed by atoms with E-state index in [1.807, 2.05) is 6.92 Å². The van der Waals surface area contributed by atoms with Gasteiger partial charge in [-0.25, -0.2) is 4.79 Å². The maximum Gasteiger partial charge on any atom is 0.407 e. The molecule has 16 heavy (non-hydrogen) atoms. The van der Waals surface area contributed by atoms with Crippen molar-refractivity contribution in [2.75, 3.05) is 6.61 Å². The Balaban J connectivity index is 2.30. The molecule has 0 aliphatic carbocycles. The van der Waals surface area contributed by atoms with Crippen molar-refractivity contribution in [1.82, 2.24) is 5.32 Å². The van der Waals surface area contributed by atoms with Gasteiger partial charge < -0.3 is 15.2 Å². The van der Waals surface area contributed by atoms with Gasteiger partial charge in [-0.3, -0.25) is 0 Å². The third kappa shape index (κ3) is 4.00. The van der Waals surface area contributed by atoms with Crippen LogP contribution in [0.4, 0.5) is 4.79 Å². The number of unbranched alkanes of at least 4 members (excludes halogenated alkanes) is 2.